The van der Waals surface area contributed by atoms with Crippen molar-refractivity contribution in [2.24, 2.45) is 5.73 Å². The largest absolute Gasteiger partial charge is 0.449 e. The number of hydrogen-bond acceptors (Lipinski definition) is 3. The number of benzene rings is 3. The lowest BCUT2D eigenvalue weighted by Gasteiger charge is -2.14. The first-order chi connectivity index (χ1) is 14.7. The van der Waals surface area contributed by atoms with Gasteiger partial charge in [0.2, 0.25) is 0 Å². The van der Waals surface area contributed by atoms with Crippen LogP contribution in [0.25, 0.3) is 17.2 Å². The third kappa shape index (κ3) is 4.11. The molecule has 0 spiro atoms. The number of alkyl carbamates (subject to hydrolysis) is 1. The normalized spacial score (nSPS) is 12.6. The van der Waals surface area contributed by atoms with E-state index in [0.29, 0.717) is 11.1 Å². The van der Waals surface area contributed by atoms with Crippen LogP contribution in [0.3, 0.4) is 0 Å². The van der Waals surface area contributed by atoms with Gasteiger partial charge in [0.15, 0.2) is 0 Å². The summed E-state index contributed by atoms with van der Waals surface area (Å²) in [6.45, 7) is 0.728. The van der Waals surface area contributed by atoms with Gasteiger partial charge in [-0.2, -0.15) is 0 Å². The number of hydrogen-bond donors (Lipinski definition) is 2. The van der Waals surface area contributed by atoms with Crippen LogP contribution in [0.1, 0.15) is 28.2 Å². The molecule has 0 aromatic heterocycles. The average Bonchev–Trinajstić information content (AvgIpc) is 3.09. The maximum atomic E-state index is 13.7. The van der Waals surface area contributed by atoms with E-state index >= 15 is 0 Å². The van der Waals surface area contributed by atoms with Crippen molar-refractivity contribution >= 4 is 12.2 Å². The van der Waals surface area contributed by atoms with Crippen molar-refractivity contribution in [2.45, 2.75) is 12.5 Å². The van der Waals surface area contributed by atoms with Gasteiger partial charge in [0.05, 0.1) is 0 Å². The van der Waals surface area contributed by atoms with Crippen molar-refractivity contribution in [1.82, 2.24) is 5.32 Å². The second-order valence-electron chi connectivity index (χ2n) is 7.16. The van der Waals surface area contributed by atoms with Crippen LogP contribution in [-0.2, 0) is 11.3 Å². The summed E-state index contributed by atoms with van der Waals surface area (Å²) in [4.78, 5) is 12.1. The molecule has 4 rings (SSSR count). The van der Waals surface area contributed by atoms with E-state index in [0.717, 1.165) is 0 Å². The van der Waals surface area contributed by atoms with Crippen LogP contribution in [-0.4, -0.2) is 19.2 Å². The molecule has 1 aliphatic carbocycles. The molecular formula is C25H23FN2O2. The van der Waals surface area contributed by atoms with Gasteiger partial charge in [-0.05, 0) is 33.9 Å². The molecule has 5 heteroatoms. The fraction of sp³-hybridized carbons (Fsp3) is 0.160. The predicted octanol–water partition coefficient (Wildman–Crippen LogP) is 4.84. The fourth-order valence-corrected chi connectivity index (χ4v) is 3.82. The van der Waals surface area contributed by atoms with E-state index in [-0.39, 0.29) is 31.4 Å². The SMILES string of the molecule is NCc1ccc(C=CCNC(=O)OCC2c3ccccc3-c3ccccc32)cc1F. The summed E-state index contributed by atoms with van der Waals surface area (Å²) in [6, 6.07) is 21.3. The first-order valence-corrected chi connectivity index (χ1v) is 9.91. The van der Waals surface area contributed by atoms with Crippen LogP contribution in [0.2, 0.25) is 0 Å². The van der Waals surface area contributed by atoms with Crippen molar-refractivity contribution in [3.05, 3.63) is 101 Å². The van der Waals surface area contributed by atoms with Crippen LogP contribution in [0, 0.1) is 5.82 Å². The number of rotatable bonds is 6. The summed E-state index contributed by atoms with van der Waals surface area (Å²) < 4.78 is 19.2. The number of carbonyl (C=O) groups is 1. The van der Waals surface area contributed by atoms with Crippen LogP contribution in [0.4, 0.5) is 9.18 Å². The van der Waals surface area contributed by atoms with Crippen LogP contribution in [0.15, 0.2) is 72.8 Å². The number of fused-ring (bicyclic) bond motifs is 3. The Kier molecular flexibility index (Phi) is 5.91. The van der Waals surface area contributed by atoms with E-state index in [4.69, 9.17) is 10.5 Å². The topological polar surface area (TPSA) is 64.3 Å². The molecular weight excluding hydrogens is 379 g/mol. The average molecular weight is 402 g/mol. The summed E-state index contributed by atoms with van der Waals surface area (Å²) in [5, 5.41) is 2.70. The van der Waals surface area contributed by atoms with E-state index in [1.807, 2.05) is 24.3 Å². The van der Waals surface area contributed by atoms with Gasteiger partial charge in [-0.3, -0.25) is 0 Å². The van der Waals surface area contributed by atoms with Gasteiger partial charge in [0.25, 0.3) is 0 Å². The van der Waals surface area contributed by atoms with Crippen molar-refractivity contribution < 1.29 is 13.9 Å². The van der Waals surface area contributed by atoms with Gasteiger partial charge in [-0.1, -0.05) is 72.8 Å². The van der Waals surface area contributed by atoms with E-state index < -0.39 is 6.09 Å². The lowest BCUT2D eigenvalue weighted by atomic mass is 9.98. The Balaban J connectivity index is 1.32. The lowest BCUT2D eigenvalue weighted by Crippen LogP contribution is -2.26. The van der Waals surface area contributed by atoms with E-state index in [2.05, 4.69) is 29.6 Å². The smallest absolute Gasteiger partial charge is 0.407 e. The molecule has 0 unspecified atom stereocenters. The minimum Gasteiger partial charge on any atom is -0.449 e. The van der Waals surface area contributed by atoms with E-state index in [1.54, 1.807) is 24.3 Å². The highest BCUT2D eigenvalue weighted by Crippen LogP contribution is 2.44. The Morgan fingerprint density at radius 2 is 1.70 bits per heavy atom. The minimum atomic E-state index is -0.480. The molecule has 0 atom stereocenters. The molecule has 0 heterocycles. The number of nitrogens with one attached hydrogen (secondary N) is 1. The number of nitrogens with two attached hydrogens (primary N) is 1. The minimum absolute atomic E-state index is 0.0303. The van der Waals surface area contributed by atoms with Crippen LogP contribution in [0.5, 0.6) is 0 Å². The standard InChI is InChI=1S/C25H23FN2O2/c26-24-14-17(11-12-18(24)15-27)6-5-13-28-25(29)30-16-23-21-9-3-1-7-19(21)20-8-2-4-10-22(20)23/h1-12,14,23H,13,15-16,27H2,(H,28,29). The Morgan fingerprint density at radius 3 is 2.33 bits per heavy atom. The zero-order valence-electron chi connectivity index (χ0n) is 16.5. The second kappa shape index (κ2) is 8.93. The Bertz CT molecular complexity index is 1050. The molecule has 3 aromatic carbocycles. The van der Waals surface area contributed by atoms with Gasteiger partial charge < -0.3 is 15.8 Å². The number of amides is 1. The number of ether oxygens (including phenoxy) is 1. The molecule has 3 N–H and O–H groups in total. The monoisotopic (exact) mass is 402 g/mol. The quantitative estimate of drug-likeness (QED) is 0.620. The van der Waals surface area contributed by atoms with Gasteiger partial charge in [-0.15, -0.1) is 0 Å². The third-order valence-corrected chi connectivity index (χ3v) is 5.32. The van der Waals surface area contributed by atoms with Gasteiger partial charge >= 0.3 is 6.09 Å². The first kappa shape index (κ1) is 19.9. The molecule has 3 aromatic rings. The molecule has 0 aliphatic heterocycles. The zero-order valence-corrected chi connectivity index (χ0v) is 16.5. The summed E-state index contributed by atoms with van der Waals surface area (Å²) in [6.07, 6.45) is 3.01. The van der Waals surface area contributed by atoms with E-state index in [1.165, 1.54) is 28.3 Å². The fourth-order valence-electron chi connectivity index (χ4n) is 3.82. The molecule has 0 saturated heterocycles. The zero-order chi connectivity index (χ0) is 20.9. The summed E-state index contributed by atoms with van der Waals surface area (Å²) >= 11 is 0. The molecule has 4 nitrogen and oxygen atoms in total. The van der Waals surface area contributed by atoms with Crippen LogP contribution < -0.4 is 11.1 Å². The number of carbonyl (C=O) groups excluding carboxylic acids is 1. The molecule has 0 fully saturated rings. The summed E-state index contributed by atoms with van der Waals surface area (Å²) in [5.74, 6) is -0.299. The van der Waals surface area contributed by atoms with Crippen molar-refractivity contribution in [1.29, 1.82) is 0 Å². The van der Waals surface area contributed by atoms with Crippen molar-refractivity contribution in [2.75, 3.05) is 13.2 Å². The molecule has 30 heavy (non-hydrogen) atoms. The van der Waals surface area contributed by atoms with Gasteiger partial charge in [-0.25, -0.2) is 9.18 Å². The highest BCUT2D eigenvalue weighted by Gasteiger charge is 2.28. The highest BCUT2D eigenvalue weighted by atomic mass is 19.1. The Hall–Kier alpha value is -3.44. The summed E-state index contributed by atoms with van der Waals surface area (Å²) in [7, 11) is 0. The first-order valence-electron chi connectivity index (χ1n) is 9.91. The molecule has 0 radical (unpaired) electrons. The van der Waals surface area contributed by atoms with Crippen LogP contribution >= 0.6 is 0 Å². The Labute approximate surface area is 175 Å². The molecule has 0 bridgehead atoms. The predicted molar refractivity (Wildman–Crippen MR) is 116 cm³/mol. The third-order valence-electron chi connectivity index (χ3n) is 5.32. The van der Waals surface area contributed by atoms with Gasteiger partial charge in [0.1, 0.15) is 12.4 Å². The van der Waals surface area contributed by atoms with Crippen molar-refractivity contribution in [3.8, 4) is 11.1 Å². The van der Waals surface area contributed by atoms with E-state index in [9.17, 15) is 9.18 Å². The molecule has 1 aliphatic rings. The lowest BCUT2D eigenvalue weighted by molar-refractivity contribution is 0.144. The Morgan fingerprint density at radius 1 is 1.03 bits per heavy atom. The summed E-state index contributed by atoms with van der Waals surface area (Å²) in [5.41, 5.74) is 11.4. The maximum Gasteiger partial charge on any atom is 0.407 e. The highest BCUT2D eigenvalue weighted by molar-refractivity contribution is 5.79. The molecule has 1 amide bonds. The number of halogens is 1. The van der Waals surface area contributed by atoms with Gasteiger partial charge in [0, 0.05) is 24.6 Å². The molecule has 152 valence electrons. The van der Waals surface area contributed by atoms with Crippen molar-refractivity contribution in [3.63, 3.8) is 0 Å². The molecule has 0 saturated carbocycles. The maximum absolute atomic E-state index is 13.7. The second-order valence-corrected chi connectivity index (χ2v) is 7.16.